The molecule has 4 atom stereocenters. The van der Waals surface area contributed by atoms with E-state index in [0.717, 1.165) is 19.5 Å². The maximum atomic E-state index is 11.4. The Hall–Kier alpha value is -0.170. The summed E-state index contributed by atoms with van der Waals surface area (Å²) in [5.74, 6) is 0.370. The minimum atomic E-state index is -3.05. The van der Waals surface area contributed by atoms with E-state index in [0.29, 0.717) is 5.92 Å². The molecule has 2 heterocycles. The number of aliphatic hydroxyl groups is 1. The number of aliphatic hydroxyl groups excluding tert-OH is 1. The Bertz CT molecular complexity index is 357. The number of hydrogen-bond acceptors (Lipinski definition) is 5. The SMILES string of the molecule is CC1CN(C2CS(=O)(=O)CC2O)CCC1N. The van der Waals surface area contributed by atoms with E-state index in [2.05, 4.69) is 11.8 Å². The van der Waals surface area contributed by atoms with Crippen molar-refractivity contribution in [3.63, 3.8) is 0 Å². The fourth-order valence-electron chi connectivity index (χ4n) is 2.66. The summed E-state index contributed by atoms with van der Waals surface area (Å²) in [6.07, 6.45) is 0.149. The lowest BCUT2D eigenvalue weighted by molar-refractivity contribution is 0.0506. The summed E-state index contributed by atoms with van der Waals surface area (Å²) in [5, 5.41) is 9.78. The smallest absolute Gasteiger partial charge is 0.154 e. The molecule has 3 N–H and O–H groups in total. The third-order valence-corrected chi connectivity index (χ3v) is 5.46. The van der Waals surface area contributed by atoms with Gasteiger partial charge in [-0.05, 0) is 12.3 Å². The highest BCUT2D eigenvalue weighted by Crippen LogP contribution is 2.24. The van der Waals surface area contributed by atoms with Crippen molar-refractivity contribution >= 4 is 9.84 Å². The third kappa shape index (κ3) is 2.40. The van der Waals surface area contributed by atoms with Gasteiger partial charge in [0, 0.05) is 19.1 Å². The number of nitrogens with zero attached hydrogens (tertiary/aromatic N) is 1. The normalized spacial score (nSPS) is 44.7. The predicted molar refractivity (Wildman–Crippen MR) is 61.8 cm³/mol. The first kappa shape index (κ1) is 12.3. The van der Waals surface area contributed by atoms with Crippen molar-refractivity contribution in [2.45, 2.75) is 31.5 Å². The van der Waals surface area contributed by atoms with Gasteiger partial charge in [-0.3, -0.25) is 4.90 Å². The summed E-state index contributed by atoms with van der Waals surface area (Å²) in [6.45, 7) is 3.66. The van der Waals surface area contributed by atoms with E-state index in [1.54, 1.807) is 0 Å². The fraction of sp³-hybridized carbons (Fsp3) is 1.00. The van der Waals surface area contributed by atoms with Crippen molar-refractivity contribution in [3.8, 4) is 0 Å². The molecular formula is C10H20N2O3S. The predicted octanol–water partition coefficient (Wildman–Crippen LogP) is -1.19. The second-order valence-electron chi connectivity index (χ2n) is 5.14. The van der Waals surface area contributed by atoms with Crippen LogP contribution in [0.4, 0.5) is 0 Å². The Labute approximate surface area is 96.5 Å². The molecule has 6 heteroatoms. The summed E-state index contributed by atoms with van der Waals surface area (Å²) in [7, 11) is -3.05. The molecule has 0 saturated carbocycles. The summed E-state index contributed by atoms with van der Waals surface area (Å²) < 4.78 is 22.9. The van der Waals surface area contributed by atoms with Crippen molar-refractivity contribution in [1.82, 2.24) is 4.90 Å². The zero-order valence-electron chi connectivity index (χ0n) is 9.54. The van der Waals surface area contributed by atoms with Crippen LogP contribution in [0.25, 0.3) is 0 Å². The lowest BCUT2D eigenvalue weighted by Gasteiger charge is -2.39. The Balaban J connectivity index is 2.04. The van der Waals surface area contributed by atoms with E-state index in [1.165, 1.54) is 0 Å². The van der Waals surface area contributed by atoms with E-state index in [-0.39, 0.29) is 23.6 Å². The molecule has 2 fully saturated rings. The van der Waals surface area contributed by atoms with Gasteiger partial charge >= 0.3 is 0 Å². The Morgan fingerprint density at radius 1 is 1.38 bits per heavy atom. The van der Waals surface area contributed by atoms with Crippen LogP contribution in [0.3, 0.4) is 0 Å². The molecule has 2 aliphatic heterocycles. The topological polar surface area (TPSA) is 83.6 Å². The zero-order chi connectivity index (χ0) is 11.9. The van der Waals surface area contributed by atoms with Gasteiger partial charge in [0.2, 0.25) is 0 Å². The number of sulfone groups is 1. The molecule has 0 bridgehead atoms. The van der Waals surface area contributed by atoms with Gasteiger partial charge in [0.15, 0.2) is 9.84 Å². The molecule has 0 aromatic carbocycles. The molecule has 2 rings (SSSR count). The van der Waals surface area contributed by atoms with Crippen molar-refractivity contribution in [2.75, 3.05) is 24.6 Å². The quantitative estimate of drug-likeness (QED) is 0.610. The van der Waals surface area contributed by atoms with Gasteiger partial charge in [-0.15, -0.1) is 0 Å². The van der Waals surface area contributed by atoms with E-state index >= 15 is 0 Å². The molecule has 0 aromatic rings. The van der Waals surface area contributed by atoms with E-state index < -0.39 is 15.9 Å². The molecule has 0 aromatic heterocycles. The van der Waals surface area contributed by atoms with Crippen molar-refractivity contribution < 1.29 is 13.5 Å². The van der Waals surface area contributed by atoms with Crippen LogP contribution in [0.5, 0.6) is 0 Å². The molecular weight excluding hydrogens is 228 g/mol. The summed E-state index contributed by atoms with van der Waals surface area (Å²) >= 11 is 0. The molecule has 0 radical (unpaired) electrons. The highest BCUT2D eigenvalue weighted by Gasteiger charge is 2.41. The second-order valence-corrected chi connectivity index (χ2v) is 7.29. The van der Waals surface area contributed by atoms with Crippen LogP contribution in [-0.4, -0.2) is 61.2 Å². The maximum Gasteiger partial charge on any atom is 0.154 e. The van der Waals surface area contributed by atoms with Gasteiger partial charge in [0.1, 0.15) is 0 Å². The summed E-state index contributed by atoms with van der Waals surface area (Å²) in [6, 6.07) is -0.0219. The Morgan fingerprint density at radius 2 is 2.06 bits per heavy atom. The lowest BCUT2D eigenvalue weighted by atomic mass is 9.93. The average molecular weight is 248 g/mol. The maximum absolute atomic E-state index is 11.4. The molecule has 4 unspecified atom stereocenters. The van der Waals surface area contributed by atoms with Crippen LogP contribution < -0.4 is 5.73 Å². The first-order valence-electron chi connectivity index (χ1n) is 5.77. The minimum Gasteiger partial charge on any atom is -0.390 e. The summed E-state index contributed by atoms with van der Waals surface area (Å²) in [5.41, 5.74) is 5.92. The molecule has 0 amide bonds. The van der Waals surface area contributed by atoms with Gasteiger partial charge in [-0.2, -0.15) is 0 Å². The van der Waals surface area contributed by atoms with Crippen LogP contribution in [0.2, 0.25) is 0 Å². The Morgan fingerprint density at radius 3 is 2.56 bits per heavy atom. The monoisotopic (exact) mass is 248 g/mol. The van der Waals surface area contributed by atoms with Gasteiger partial charge in [-0.1, -0.05) is 6.92 Å². The Kier molecular flexibility index (Phi) is 3.27. The first-order valence-corrected chi connectivity index (χ1v) is 7.59. The number of nitrogens with two attached hydrogens (primary N) is 1. The van der Waals surface area contributed by atoms with Crippen LogP contribution in [0, 0.1) is 5.92 Å². The standard InChI is InChI=1S/C10H20N2O3S/c1-7-4-12(3-2-8(7)11)9-5-16(14,15)6-10(9)13/h7-10,13H,2-6,11H2,1H3. The molecule has 0 aliphatic carbocycles. The second kappa shape index (κ2) is 4.25. The highest BCUT2D eigenvalue weighted by atomic mass is 32.2. The van der Waals surface area contributed by atoms with E-state index in [1.807, 2.05) is 0 Å². The third-order valence-electron chi connectivity index (χ3n) is 3.77. The van der Waals surface area contributed by atoms with Crippen LogP contribution in [0.15, 0.2) is 0 Å². The highest BCUT2D eigenvalue weighted by molar-refractivity contribution is 7.91. The number of piperidine rings is 1. The molecule has 94 valence electrons. The number of likely N-dealkylation sites (tertiary alicyclic amines) is 1. The van der Waals surface area contributed by atoms with Crippen LogP contribution in [0.1, 0.15) is 13.3 Å². The molecule has 2 aliphatic rings. The molecule has 5 nitrogen and oxygen atoms in total. The van der Waals surface area contributed by atoms with Gasteiger partial charge in [0.05, 0.1) is 23.7 Å². The van der Waals surface area contributed by atoms with E-state index in [9.17, 15) is 13.5 Å². The molecule has 16 heavy (non-hydrogen) atoms. The van der Waals surface area contributed by atoms with Crippen LogP contribution in [-0.2, 0) is 9.84 Å². The number of hydrogen-bond donors (Lipinski definition) is 2. The van der Waals surface area contributed by atoms with Crippen molar-refractivity contribution in [2.24, 2.45) is 11.7 Å². The van der Waals surface area contributed by atoms with Gasteiger partial charge in [-0.25, -0.2) is 8.42 Å². The average Bonchev–Trinajstić information content (AvgIpc) is 2.45. The first-order chi connectivity index (χ1) is 7.39. The van der Waals surface area contributed by atoms with Crippen molar-refractivity contribution in [1.29, 1.82) is 0 Å². The largest absolute Gasteiger partial charge is 0.390 e. The molecule has 2 saturated heterocycles. The number of rotatable bonds is 1. The van der Waals surface area contributed by atoms with Crippen LogP contribution >= 0.6 is 0 Å². The lowest BCUT2D eigenvalue weighted by Crippen LogP contribution is -2.53. The van der Waals surface area contributed by atoms with Crippen molar-refractivity contribution in [3.05, 3.63) is 0 Å². The van der Waals surface area contributed by atoms with Gasteiger partial charge < -0.3 is 10.8 Å². The molecule has 0 spiro atoms. The fourth-order valence-corrected chi connectivity index (χ4v) is 4.49. The summed E-state index contributed by atoms with van der Waals surface area (Å²) in [4.78, 5) is 2.09. The van der Waals surface area contributed by atoms with E-state index in [4.69, 9.17) is 5.73 Å². The minimum absolute atomic E-state index is 0.0887. The zero-order valence-corrected chi connectivity index (χ0v) is 10.4. The van der Waals surface area contributed by atoms with Gasteiger partial charge in [0.25, 0.3) is 0 Å².